The summed E-state index contributed by atoms with van der Waals surface area (Å²) in [5.74, 6) is -0.278. The van der Waals surface area contributed by atoms with Crippen LogP contribution in [0, 0.1) is 0 Å². The minimum atomic E-state index is -0.829. The fourth-order valence-electron chi connectivity index (χ4n) is 1.44. The highest BCUT2D eigenvalue weighted by Crippen LogP contribution is 2.11. The van der Waals surface area contributed by atoms with E-state index in [2.05, 4.69) is 5.32 Å². The number of nitrogens with zero attached hydrogens (tertiary/aromatic N) is 1. The SMILES string of the molecule is C[C@H](OC(=O)NC(C)(C)C)C(=O)N1CC(O)C1. The third-order valence-electron chi connectivity index (χ3n) is 2.28. The van der Waals surface area contributed by atoms with E-state index in [1.54, 1.807) is 0 Å². The fraction of sp³-hybridized carbons (Fsp3) is 0.818. The van der Waals surface area contributed by atoms with E-state index in [0.29, 0.717) is 13.1 Å². The highest BCUT2D eigenvalue weighted by atomic mass is 16.6. The van der Waals surface area contributed by atoms with Crippen LogP contribution in [-0.4, -0.2) is 52.8 Å². The Morgan fingerprint density at radius 1 is 1.41 bits per heavy atom. The van der Waals surface area contributed by atoms with Crippen molar-refractivity contribution in [3.63, 3.8) is 0 Å². The number of hydrogen-bond donors (Lipinski definition) is 2. The molecule has 1 atom stereocenters. The summed E-state index contributed by atoms with van der Waals surface area (Å²) in [5.41, 5.74) is -0.396. The van der Waals surface area contributed by atoms with Gasteiger partial charge in [0.25, 0.3) is 5.91 Å². The summed E-state index contributed by atoms with van der Waals surface area (Å²) < 4.78 is 4.96. The molecule has 98 valence electrons. The zero-order chi connectivity index (χ0) is 13.2. The van der Waals surface area contributed by atoms with Crippen molar-refractivity contribution in [2.75, 3.05) is 13.1 Å². The molecular weight excluding hydrogens is 224 g/mol. The van der Waals surface area contributed by atoms with Crippen LogP contribution in [0.5, 0.6) is 0 Å². The third kappa shape index (κ3) is 4.22. The zero-order valence-corrected chi connectivity index (χ0v) is 10.7. The molecule has 1 aliphatic heterocycles. The van der Waals surface area contributed by atoms with Gasteiger partial charge in [0.15, 0.2) is 6.10 Å². The molecule has 0 aromatic heterocycles. The summed E-state index contributed by atoms with van der Waals surface area (Å²) in [7, 11) is 0. The van der Waals surface area contributed by atoms with Crippen molar-refractivity contribution in [3.05, 3.63) is 0 Å². The van der Waals surface area contributed by atoms with Crippen LogP contribution in [0.4, 0.5) is 4.79 Å². The van der Waals surface area contributed by atoms with Gasteiger partial charge in [-0.15, -0.1) is 0 Å². The van der Waals surface area contributed by atoms with Gasteiger partial charge in [0, 0.05) is 18.6 Å². The summed E-state index contributed by atoms with van der Waals surface area (Å²) in [6.07, 6.45) is -1.89. The van der Waals surface area contributed by atoms with Crippen molar-refractivity contribution >= 4 is 12.0 Å². The highest BCUT2D eigenvalue weighted by Gasteiger charge is 2.33. The molecule has 6 heteroatoms. The molecule has 2 N–H and O–H groups in total. The lowest BCUT2D eigenvalue weighted by Crippen LogP contribution is -2.56. The van der Waals surface area contributed by atoms with Crippen LogP contribution >= 0.6 is 0 Å². The Kier molecular flexibility index (Phi) is 3.98. The first-order chi connectivity index (χ1) is 7.69. The number of aliphatic hydroxyl groups excluding tert-OH is 1. The summed E-state index contributed by atoms with van der Waals surface area (Å²) >= 11 is 0. The number of nitrogens with one attached hydrogen (secondary N) is 1. The number of likely N-dealkylation sites (tertiary alicyclic amines) is 1. The number of carbonyl (C=O) groups excluding carboxylic acids is 2. The van der Waals surface area contributed by atoms with Crippen molar-refractivity contribution in [3.8, 4) is 0 Å². The maximum Gasteiger partial charge on any atom is 0.408 e. The second-order valence-electron chi connectivity index (χ2n) is 5.32. The molecule has 0 radical (unpaired) electrons. The zero-order valence-electron chi connectivity index (χ0n) is 10.7. The molecule has 0 aliphatic carbocycles. The number of hydrogen-bond acceptors (Lipinski definition) is 4. The number of aliphatic hydroxyl groups is 1. The first kappa shape index (κ1) is 13.8. The van der Waals surface area contributed by atoms with Crippen LogP contribution in [0.3, 0.4) is 0 Å². The summed E-state index contributed by atoms with van der Waals surface area (Å²) in [5, 5.41) is 11.7. The van der Waals surface area contributed by atoms with Gasteiger partial charge in [0.2, 0.25) is 0 Å². The minimum absolute atomic E-state index is 0.278. The Morgan fingerprint density at radius 3 is 2.35 bits per heavy atom. The Hall–Kier alpha value is -1.30. The van der Waals surface area contributed by atoms with Crippen LogP contribution in [0.25, 0.3) is 0 Å². The molecule has 1 heterocycles. The lowest BCUT2D eigenvalue weighted by molar-refractivity contribution is -0.149. The molecule has 6 nitrogen and oxygen atoms in total. The van der Waals surface area contributed by atoms with E-state index in [0.717, 1.165) is 0 Å². The van der Waals surface area contributed by atoms with E-state index in [1.807, 2.05) is 20.8 Å². The number of carbonyl (C=O) groups is 2. The maximum absolute atomic E-state index is 11.7. The van der Waals surface area contributed by atoms with E-state index in [-0.39, 0.29) is 5.91 Å². The van der Waals surface area contributed by atoms with Crippen molar-refractivity contribution in [2.24, 2.45) is 0 Å². The quantitative estimate of drug-likeness (QED) is 0.722. The van der Waals surface area contributed by atoms with Gasteiger partial charge < -0.3 is 20.1 Å². The smallest absolute Gasteiger partial charge is 0.408 e. The fourth-order valence-corrected chi connectivity index (χ4v) is 1.44. The topological polar surface area (TPSA) is 78.9 Å². The number of β-amino-alcohol motifs (C(OH)–C–C–N with tert-alkyl or cyclic N) is 1. The molecule has 2 amide bonds. The van der Waals surface area contributed by atoms with Gasteiger partial charge in [-0.3, -0.25) is 4.79 Å². The van der Waals surface area contributed by atoms with Gasteiger partial charge in [-0.05, 0) is 27.7 Å². The normalized spacial score (nSPS) is 18.3. The number of ether oxygens (including phenoxy) is 1. The Bertz CT molecular complexity index is 305. The standard InChI is InChI=1S/C11H20N2O4/c1-7(9(15)13-5-8(14)6-13)17-10(16)12-11(2,3)4/h7-8,14H,5-6H2,1-4H3,(H,12,16)/t7-/m0/s1. The number of alkyl carbamates (subject to hydrolysis) is 1. The second kappa shape index (κ2) is 4.91. The third-order valence-corrected chi connectivity index (χ3v) is 2.28. The number of amides is 2. The Morgan fingerprint density at radius 2 is 1.94 bits per heavy atom. The molecule has 0 bridgehead atoms. The van der Waals surface area contributed by atoms with Crippen LogP contribution in [0.15, 0.2) is 0 Å². The maximum atomic E-state index is 11.7. The van der Waals surface area contributed by atoms with Crippen LogP contribution in [-0.2, 0) is 9.53 Å². The van der Waals surface area contributed by atoms with E-state index < -0.39 is 23.8 Å². The van der Waals surface area contributed by atoms with Crippen molar-refractivity contribution in [2.45, 2.75) is 45.4 Å². The molecule has 0 unspecified atom stereocenters. The Labute approximate surface area is 101 Å². The Balaban J connectivity index is 2.36. The van der Waals surface area contributed by atoms with Crippen molar-refractivity contribution < 1.29 is 19.4 Å². The molecule has 0 aromatic rings. The summed E-state index contributed by atoms with van der Waals surface area (Å²) in [4.78, 5) is 24.6. The van der Waals surface area contributed by atoms with Crippen LogP contribution < -0.4 is 5.32 Å². The molecule has 17 heavy (non-hydrogen) atoms. The monoisotopic (exact) mass is 244 g/mol. The first-order valence-corrected chi connectivity index (χ1v) is 5.64. The highest BCUT2D eigenvalue weighted by molar-refractivity contribution is 5.83. The van der Waals surface area contributed by atoms with Gasteiger partial charge in [0.05, 0.1) is 6.10 Å². The van der Waals surface area contributed by atoms with E-state index >= 15 is 0 Å². The largest absolute Gasteiger partial charge is 0.436 e. The molecule has 1 rings (SSSR count). The van der Waals surface area contributed by atoms with Gasteiger partial charge in [0.1, 0.15) is 0 Å². The molecule has 0 saturated carbocycles. The molecule has 0 spiro atoms. The summed E-state index contributed by atoms with van der Waals surface area (Å²) in [6.45, 7) is 7.63. The molecule has 1 aliphatic rings. The first-order valence-electron chi connectivity index (χ1n) is 5.64. The minimum Gasteiger partial charge on any atom is -0.436 e. The van der Waals surface area contributed by atoms with E-state index in [1.165, 1.54) is 11.8 Å². The van der Waals surface area contributed by atoms with Crippen LogP contribution in [0.2, 0.25) is 0 Å². The predicted molar refractivity (Wildman–Crippen MR) is 61.4 cm³/mol. The van der Waals surface area contributed by atoms with Gasteiger partial charge in [-0.2, -0.15) is 0 Å². The summed E-state index contributed by atoms with van der Waals surface area (Å²) in [6, 6.07) is 0. The predicted octanol–water partition coefficient (Wildman–Crippen LogP) is 0.103. The molecule has 0 aromatic carbocycles. The van der Waals surface area contributed by atoms with Gasteiger partial charge in [-0.25, -0.2) is 4.79 Å². The van der Waals surface area contributed by atoms with Crippen molar-refractivity contribution in [1.29, 1.82) is 0 Å². The average molecular weight is 244 g/mol. The van der Waals surface area contributed by atoms with Gasteiger partial charge >= 0.3 is 6.09 Å². The second-order valence-corrected chi connectivity index (χ2v) is 5.32. The molecule has 1 saturated heterocycles. The number of rotatable bonds is 2. The van der Waals surface area contributed by atoms with E-state index in [4.69, 9.17) is 9.84 Å². The van der Waals surface area contributed by atoms with Gasteiger partial charge in [-0.1, -0.05) is 0 Å². The van der Waals surface area contributed by atoms with Crippen LogP contribution in [0.1, 0.15) is 27.7 Å². The van der Waals surface area contributed by atoms with Crippen molar-refractivity contribution in [1.82, 2.24) is 10.2 Å². The molecule has 1 fully saturated rings. The lowest BCUT2D eigenvalue weighted by Gasteiger charge is -2.37. The molecular formula is C11H20N2O4. The van der Waals surface area contributed by atoms with E-state index in [9.17, 15) is 9.59 Å². The average Bonchev–Trinajstić information content (AvgIpc) is 2.08. The lowest BCUT2D eigenvalue weighted by atomic mass is 10.1.